The van der Waals surface area contributed by atoms with Crippen LogP contribution in [0.2, 0.25) is 0 Å². The van der Waals surface area contributed by atoms with Crippen LogP contribution < -0.4 is 10.6 Å². The van der Waals surface area contributed by atoms with E-state index >= 15 is 0 Å². The van der Waals surface area contributed by atoms with Gasteiger partial charge in [-0.25, -0.2) is 12.7 Å². The van der Waals surface area contributed by atoms with Crippen LogP contribution in [-0.4, -0.2) is 51.9 Å². The minimum Gasteiger partial charge on any atom is -0.396 e. The van der Waals surface area contributed by atoms with E-state index in [1.807, 2.05) is 18.0 Å². The van der Waals surface area contributed by atoms with Crippen LogP contribution in [0.15, 0.2) is 23.1 Å². The van der Waals surface area contributed by atoms with Crippen LogP contribution in [0.3, 0.4) is 0 Å². The SMILES string of the molecule is CSCCC(C)N(C)c1cccc(S(=O)(=O)N(C)C)c1N. The van der Waals surface area contributed by atoms with E-state index in [-0.39, 0.29) is 10.9 Å². The van der Waals surface area contributed by atoms with Gasteiger partial charge in [0.15, 0.2) is 0 Å². The molecule has 0 spiro atoms. The van der Waals surface area contributed by atoms with Crippen LogP contribution in [0.25, 0.3) is 0 Å². The fraction of sp³-hybridized carbons (Fsp3) is 0.571. The number of para-hydroxylation sites is 1. The Bertz CT molecular complexity index is 574. The Morgan fingerprint density at radius 1 is 1.29 bits per heavy atom. The van der Waals surface area contributed by atoms with Crippen LogP contribution in [0.4, 0.5) is 11.4 Å². The Kier molecular flexibility index (Phi) is 6.37. The molecule has 0 aliphatic heterocycles. The molecule has 1 rings (SSSR count). The Labute approximate surface area is 132 Å². The maximum atomic E-state index is 12.3. The van der Waals surface area contributed by atoms with Crippen LogP contribution in [0.1, 0.15) is 13.3 Å². The smallest absolute Gasteiger partial charge is 0.244 e. The molecule has 2 N–H and O–H groups in total. The first-order valence-corrected chi connectivity index (χ1v) is 9.59. The van der Waals surface area contributed by atoms with Gasteiger partial charge in [0.05, 0.1) is 11.4 Å². The minimum atomic E-state index is -3.53. The molecule has 1 aromatic rings. The van der Waals surface area contributed by atoms with E-state index in [2.05, 4.69) is 13.2 Å². The standard InChI is InChI=1S/C14H25N3O2S2/c1-11(9-10-20-5)17(4)12-7-6-8-13(14(12)15)21(18,19)16(2)3/h6-8,11H,9-10,15H2,1-5H3. The lowest BCUT2D eigenvalue weighted by atomic mass is 10.2. The third-order valence-corrected chi connectivity index (χ3v) is 6.10. The molecular weight excluding hydrogens is 306 g/mol. The minimum absolute atomic E-state index is 0.161. The zero-order valence-electron chi connectivity index (χ0n) is 13.3. The molecule has 0 bridgehead atoms. The van der Waals surface area contributed by atoms with Crippen LogP contribution >= 0.6 is 11.8 Å². The lowest BCUT2D eigenvalue weighted by molar-refractivity contribution is 0.521. The second kappa shape index (κ2) is 7.38. The molecule has 0 heterocycles. The van der Waals surface area contributed by atoms with Crippen molar-refractivity contribution in [3.8, 4) is 0 Å². The Morgan fingerprint density at radius 2 is 1.90 bits per heavy atom. The van der Waals surface area contributed by atoms with Gasteiger partial charge in [0.2, 0.25) is 10.0 Å². The van der Waals surface area contributed by atoms with Gasteiger partial charge in [-0.2, -0.15) is 11.8 Å². The van der Waals surface area contributed by atoms with Gasteiger partial charge < -0.3 is 10.6 Å². The average Bonchev–Trinajstić information content (AvgIpc) is 2.43. The van der Waals surface area contributed by atoms with Gasteiger partial charge in [-0.05, 0) is 37.5 Å². The van der Waals surface area contributed by atoms with Gasteiger partial charge in [0, 0.05) is 27.2 Å². The van der Waals surface area contributed by atoms with Crippen molar-refractivity contribution >= 4 is 33.2 Å². The Balaban J connectivity index is 3.17. The fourth-order valence-electron chi connectivity index (χ4n) is 1.98. The number of nitrogens with two attached hydrogens (primary N) is 1. The predicted molar refractivity (Wildman–Crippen MR) is 92.6 cm³/mol. The molecule has 0 radical (unpaired) electrons. The molecule has 5 nitrogen and oxygen atoms in total. The van der Waals surface area contributed by atoms with E-state index in [9.17, 15) is 8.42 Å². The highest BCUT2D eigenvalue weighted by Crippen LogP contribution is 2.31. The number of sulfonamides is 1. The summed E-state index contributed by atoms with van der Waals surface area (Å²) in [6, 6.07) is 5.44. The molecular formula is C14H25N3O2S2. The first-order chi connectivity index (χ1) is 9.73. The third kappa shape index (κ3) is 4.05. The van der Waals surface area contributed by atoms with Crippen molar-refractivity contribution in [1.82, 2.24) is 4.31 Å². The van der Waals surface area contributed by atoms with Gasteiger partial charge in [0.1, 0.15) is 4.90 Å². The lowest BCUT2D eigenvalue weighted by Gasteiger charge is -2.29. The summed E-state index contributed by atoms with van der Waals surface area (Å²) in [7, 11) is 1.43. The number of hydrogen-bond donors (Lipinski definition) is 1. The maximum Gasteiger partial charge on any atom is 0.244 e. The summed E-state index contributed by atoms with van der Waals surface area (Å²) in [5, 5.41) is 0. The number of nitrogen functional groups attached to an aromatic ring is 1. The fourth-order valence-corrected chi connectivity index (χ4v) is 3.58. The van der Waals surface area contributed by atoms with E-state index in [0.29, 0.717) is 5.69 Å². The first kappa shape index (κ1) is 18.1. The van der Waals surface area contributed by atoms with Crippen LogP contribution in [-0.2, 0) is 10.0 Å². The van der Waals surface area contributed by atoms with E-state index in [4.69, 9.17) is 5.73 Å². The van der Waals surface area contributed by atoms with Crippen molar-refractivity contribution in [2.75, 3.05) is 43.8 Å². The van der Waals surface area contributed by atoms with E-state index in [1.54, 1.807) is 23.9 Å². The molecule has 0 saturated carbocycles. The zero-order chi connectivity index (χ0) is 16.2. The van der Waals surface area contributed by atoms with Crippen molar-refractivity contribution in [2.24, 2.45) is 0 Å². The van der Waals surface area contributed by atoms with Crippen LogP contribution in [0.5, 0.6) is 0 Å². The highest BCUT2D eigenvalue weighted by molar-refractivity contribution is 7.98. The molecule has 21 heavy (non-hydrogen) atoms. The Morgan fingerprint density at radius 3 is 2.43 bits per heavy atom. The summed E-state index contributed by atoms with van der Waals surface area (Å²) in [5.41, 5.74) is 7.19. The Hall–Kier alpha value is -0.920. The zero-order valence-corrected chi connectivity index (χ0v) is 15.0. The summed E-state index contributed by atoms with van der Waals surface area (Å²) >= 11 is 1.80. The summed E-state index contributed by atoms with van der Waals surface area (Å²) in [6.45, 7) is 2.11. The molecule has 0 aromatic heterocycles. The molecule has 7 heteroatoms. The first-order valence-electron chi connectivity index (χ1n) is 6.76. The normalized spacial score (nSPS) is 13.4. The van der Waals surface area contributed by atoms with Crippen molar-refractivity contribution in [3.63, 3.8) is 0 Å². The largest absolute Gasteiger partial charge is 0.396 e. The van der Waals surface area contributed by atoms with E-state index in [1.165, 1.54) is 18.4 Å². The molecule has 0 fully saturated rings. The molecule has 0 amide bonds. The topological polar surface area (TPSA) is 66.6 Å². The average molecular weight is 332 g/mol. The number of hydrogen-bond acceptors (Lipinski definition) is 5. The van der Waals surface area contributed by atoms with Crippen molar-refractivity contribution in [2.45, 2.75) is 24.3 Å². The molecule has 1 unspecified atom stereocenters. The molecule has 0 aliphatic carbocycles. The highest BCUT2D eigenvalue weighted by Gasteiger charge is 2.23. The molecule has 0 aliphatic rings. The predicted octanol–water partition coefficient (Wildman–Crippen LogP) is 2.10. The number of nitrogens with zero attached hydrogens (tertiary/aromatic N) is 2. The number of thioether (sulfide) groups is 1. The number of anilines is 2. The van der Waals surface area contributed by atoms with Gasteiger partial charge in [-0.1, -0.05) is 6.07 Å². The summed E-state index contributed by atoms with van der Waals surface area (Å²) in [4.78, 5) is 2.20. The highest BCUT2D eigenvalue weighted by atomic mass is 32.2. The van der Waals surface area contributed by atoms with Crippen molar-refractivity contribution in [3.05, 3.63) is 18.2 Å². The van der Waals surface area contributed by atoms with Gasteiger partial charge in [-0.3, -0.25) is 0 Å². The van der Waals surface area contributed by atoms with Gasteiger partial charge in [-0.15, -0.1) is 0 Å². The number of rotatable bonds is 7. The van der Waals surface area contributed by atoms with E-state index < -0.39 is 10.0 Å². The monoisotopic (exact) mass is 331 g/mol. The van der Waals surface area contributed by atoms with Crippen molar-refractivity contribution in [1.29, 1.82) is 0 Å². The second-order valence-corrected chi connectivity index (χ2v) is 8.32. The molecule has 0 saturated heterocycles. The maximum absolute atomic E-state index is 12.3. The second-order valence-electron chi connectivity index (χ2n) is 5.22. The van der Waals surface area contributed by atoms with Crippen molar-refractivity contribution < 1.29 is 8.42 Å². The quantitative estimate of drug-likeness (QED) is 0.775. The lowest BCUT2D eigenvalue weighted by Crippen LogP contribution is -2.31. The number of benzene rings is 1. The summed E-state index contributed by atoms with van der Waals surface area (Å²) in [6.07, 6.45) is 3.09. The third-order valence-electron chi connectivity index (χ3n) is 3.58. The molecule has 120 valence electrons. The van der Waals surface area contributed by atoms with Gasteiger partial charge in [0.25, 0.3) is 0 Å². The van der Waals surface area contributed by atoms with Gasteiger partial charge >= 0.3 is 0 Å². The summed E-state index contributed by atoms with van der Waals surface area (Å²) in [5.74, 6) is 1.06. The molecule has 1 atom stereocenters. The summed E-state index contributed by atoms with van der Waals surface area (Å²) < 4.78 is 25.8. The molecule has 1 aromatic carbocycles. The van der Waals surface area contributed by atoms with E-state index in [0.717, 1.165) is 17.9 Å². The van der Waals surface area contributed by atoms with Crippen LogP contribution in [0, 0.1) is 0 Å².